The lowest BCUT2D eigenvalue weighted by molar-refractivity contribution is -0.125. The molecule has 3 aromatic rings. The number of rotatable bonds is 7. The van der Waals surface area contributed by atoms with Crippen molar-refractivity contribution in [2.45, 2.75) is 19.4 Å². The van der Waals surface area contributed by atoms with Crippen molar-refractivity contribution in [3.63, 3.8) is 0 Å². The topological polar surface area (TPSA) is 86.4 Å². The third-order valence-corrected chi connectivity index (χ3v) is 5.74. The molecule has 1 aromatic carbocycles. The molecule has 1 aliphatic heterocycles. The Labute approximate surface area is 176 Å². The van der Waals surface area contributed by atoms with E-state index in [1.165, 1.54) is 10.9 Å². The molecule has 4 rings (SSSR count). The van der Waals surface area contributed by atoms with Crippen LogP contribution in [-0.2, 0) is 11.2 Å². The van der Waals surface area contributed by atoms with Gasteiger partial charge in [-0.2, -0.15) is 4.98 Å². The number of hydrogen-bond donors (Lipinski definition) is 2. The van der Waals surface area contributed by atoms with Crippen molar-refractivity contribution in [1.82, 2.24) is 25.2 Å². The van der Waals surface area contributed by atoms with Crippen LogP contribution in [0.2, 0.25) is 0 Å². The van der Waals surface area contributed by atoms with Crippen molar-refractivity contribution in [2.75, 3.05) is 44.7 Å². The number of nitrogens with zero attached hydrogens (tertiary/aromatic N) is 4. The first-order valence-corrected chi connectivity index (χ1v) is 10.3. The van der Waals surface area contributed by atoms with Gasteiger partial charge in [0.2, 0.25) is 11.8 Å². The van der Waals surface area contributed by atoms with E-state index in [2.05, 4.69) is 42.2 Å². The maximum atomic E-state index is 12.7. The van der Waals surface area contributed by atoms with Crippen LogP contribution in [0.1, 0.15) is 12.5 Å². The summed E-state index contributed by atoms with van der Waals surface area (Å²) in [5.74, 6) is 1.40. The first-order chi connectivity index (χ1) is 14.7. The Morgan fingerprint density at radius 3 is 2.83 bits per heavy atom. The number of nitrogens with one attached hydrogen (secondary N) is 2. The van der Waals surface area contributed by atoms with Crippen molar-refractivity contribution < 1.29 is 9.53 Å². The molecule has 1 aliphatic rings. The third-order valence-electron chi connectivity index (χ3n) is 5.74. The van der Waals surface area contributed by atoms with Crippen molar-refractivity contribution in [3.8, 4) is 5.88 Å². The fourth-order valence-corrected chi connectivity index (χ4v) is 3.90. The van der Waals surface area contributed by atoms with E-state index < -0.39 is 0 Å². The average Bonchev–Trinajstić information content (AvgIpc) is 3.22. The number of aromatic nitrogens is 3. The molecule has 30 heavy (non-hydrogen) atoms. The van der Waals surface area contributed by atoms with Crippen molar-refractivity contribution in [2.24, 2.45) is 0 Å². The van der Waals surface area contributed by atoms with E-state index >= 15 is 0 Å². The monoisotopic (exact) mass is 408 g/mol. The van der Waals surface area contributed by atoms with Gasteiger partial charge in [-0.3, -0.25) is 14.7 Å². The SMILES string of the molecule is COc1cncc(N2CCN(C(C)C(=O)NCCc3c[nH]c4ccccc34)CC2)n1. The molecular weight excluding hydrogens is 380 g/mol. The van der Waals surface area contributed by atoms with Crippen LogP contribution in [0.15, 0.2) is 42.9 Å². The number of piperazine rings is 1. The second kappa shape index (κ2) is 9.13. The van der Waals surface area contributed by atoms with Gasteiger partial charge in [0, 0.05) is 49.8 Å². The van der Waals surface area contributed by atoms with Crippen LogP contribution in [0.3, 0.4) is 0 Å². The molecule has 1 saturated heterocycles. The molecule has 2 N–H and O–H groups in total. The molecule has 1 unspecified atom stereocenters. The molecule has 0 aliphatic carbocycles. The maximum Gasteiger partial charge on any atom is 0.237 e. The average molecular weight is 409 g/mol. The highest BCUT2D eigenvalue weighted by Crippen LogP contribution is 2.18. The second-order valence-corrected chi connectivity index (χ2v) is 7.52. The standard InChI is InChI=1S/C22H28N6O2/c1-16(22(29)24-8-7-17-13-25-19-6-4-3-5-18(17)19)27-9-11-28(12-10-27)20-14-23-15-21(26-20)30-2/h3-6,13-16,25H,7-12H2,1-2H3,(H,24,29). The van der Waals surface area contributed by atoms with E-state index in [0.717, 1.165) is 43.9 Å². The molecule has 158 valence electrons. The lowest BCUT2D eigenvalue weighted by Gasteiger charge is -2.37. The minimum atomic E-state index is -0.161. The summed E-state index contributed by atoms with van der Waals surface area (Å²) >= 11 is 0. The van der Waals surface area contributed by atoms with Crippen LogP contribution >= 0.6 is 0 Å². The second-order valence-electron chi connectivity index (χ2n) is 7.52. The van der Waals surface area contributed by atoms with E-state index in [0.29, 0.717) is 12.4 Å². The predicted molar refractivity (Wildman–Crippen MR) is 117 cm³/mol. The largest absolute Gasteiger partial charge is 0.480 e. The maximum absolute atomic E-state index is 12.7. The number of H-pyrrole nitrogens is 1. The van der Waals surface area contributed by atoms with Crippen LogP contribution in [0.25, 0.3) is 10.9 Å². The van der Waals surface area contributed by atoms with Crippen LogP contribution in [0.5, 0.6) is 5.88 Å². The predicted octanol–water partition coefficient (Wildman–Crippen LogP) is 1.84. The van der Waals surface area contributed by atoms with Gasteiger partial charge >= 0.3 is 0 Å². The van der Waals surface area contributed by atoms with Gasteiger partial charge in [-0.1, -0.05) is 18.2 Å². The summed E-state index contributed by atoms with van der Waals surface area (Å²) < 4.78 is 5.16. The van der Waals surface area contributed by atoms with Gasteiger partial charge in [-0.05, 0) is 25.0 Å². The fraction of sp³-hybridized carbons (Fsp3) is 0.409. The minimum absolute atomic E-state index is 0.0736. The molecule has 0 bridgehead atoms. The Kier molecular flexibility index (Phi) is 6.13. The van der Waals surface area contributed by atoms with E-state index in [1.54, 1.807) is 19.5 Å². The first-order valence-electron chi connectivity index (χ1n) is 10.3. The number of fused-ring (bicyclic) bond motifs is 1. The lowest BCUT2D eigenvalue weighted by Crippen LogP contribution is -2.54. The Morgan fingerprint density at radius 2 is 2.03 bits per heavy atom. The normalized spacial score (nSPS) is 15.9. The van der Waals surface area contributed by atoms with Crippen LogP contribution in [-0.4, -0.2) is 71.6 Å². The summed E-state index contributed by atoms with van der Waals surface area (Å²) in [4.78, 5) is 29.0. The fourth-order valence-electron chi connectivity index (χ4n) is 3.90. The molecular formula is C22H28N6O2. The molecule has 0 spiro atoms. The van der Waals surface area contributed by atoms with Gasteiger partial charge in [0.1, 0.15) is 0 Å². The van der Waals surface area contributed by atoms with Gasteiger partial charge in [0.25, 0.3) is 0 Å². The third kappa shape index (κ3) is 4.38. The van der Waals surface area contributed by atoms with Crippen LogP contribution in [0.4, 0.5) is 5.82 Å². The van der Waals surface area contributed by atoms with Crippen molar-refractivity contribution in [3.05, 3.63) is 48.4 Å². The molecule has 1 amide bonds. The van der Waals surface area contributed by atoms with E-state index in [1.807, 2.05) is 25.3 Å². The van der Waals surface area contributed by atoms with E-state index in [4.69, 9.17) is 4.74 Å². The number of hydrogen-bond acceptors (Lipinski definition) is 6. The number of benzene rings is 1. The number of ether oxygens (including phenoxy) is 1. The molecule has 0 radical (unpaired) electrons. The lowest BCUT2D eigenvalue weighted by atomic mass is 10.1. The Hall–Kier alpha value is -3.13. The summed E-state index contributed by atoms with van der Waals surface area (Å²) in [5, 5.41) is 4.31. The first kappa shape index (κ1) is 20.2. The van der Waals surface area contributed by atoms with Gasteiger partial charge < -0.3 is 19.9 Å². The Bertz CT molecular complexity index is 996. The number of para-hydroxylation sites is 1. The zero-order valence-electron chi connectivity index (χ0n) is 17.5. The molecule has 2 aromatic heterocycles. The highest BCUT2D eigenvalue weighted by atomic mass is 16.5. The number of carbonyl (C=O) groups excluding carboxylic acids is 1. The summed E-state index contributed by atoms with van der Waals surface area (Å²) in [6.07, 6.45) is 6.19. The Morgan fingerprint density at radius 1 is 1.23 bits per heavy atom. The molecule has 8 nitrogen and oxygen atoms in total. The number of anilines is 1. The van der Waals surface area contributed by atoms with E-state index in [9.17, 15) is 4.79 Å². The van der Waals surface area contributed by atoms with Gasteiger partial charge in [-0.15, -0.1) is 0 Å². The van der Waals surface area contributed by atoms with Gasteiger partial charge in [-0.25, -0.2) is 0 Å². The van der Waals surface area contributed by atoms with Crippen molar-refractivity contribution in [1.29, 1.82) is 0 Å². The molecule has 3 heterocycles. The van der Waals surface area contributed by atoms with Gasteiger partial charge in [0.05, 0.1) is 25.5 Å². The summed E-state index contributed by atoms with van der Waals surface area (Å²) in [5.41, 5.74) is 2.36. The number of methoxy groups -OCH3 is 1. The quantitative estimate of drug-likeness (QED) is 0.620. The molecule has 1 atom stereocenters. The number of carbonyl (C=O) groups is 1. The number of amides is 1. The highest BCUT2D eigenvalue weighted by molar-refractivity contribution is 5.83. The molecule has 1 fully saturated rings. The van der Waals surface area contributed by atoms with Crippen LogP contribution in [0, 0.1) is 0 Å². The van der Waals surface area contributed by atoms with Crippen molar-refractivity contribution >= 4 is 22.6 Å². The molecule has 0 saturated carbocycles. The van der Waals surface area contributed by atoms with Crippen LogP contribution < -0.4 is 15.0 Å². The zero-order chi connectivity index (χ0) is 20.9. The van der Waals surface area contributed by atoms with E-state index in [-0.39, 0.29) is 11.9 Å². The zero-order valence-corrected chi connectivity index (χ0v) is 17.5. The minimum Gasteiger partial charge on any atom is -0.480 e. The van der Waals surface area contributed by atoms with Gasteiger partial charge in [0.15, 0.2) is 5.82 Å². The number of aromatic amines is 1. The summed E-state index contributed by atoms with van der Waals surface area (Å²) in [6, 6.07) is 8.07. The summed E-state index contributed by atoms with van der Waals surface area (Å²) in [7, 11) is 1.59. The highest BCUT2D eigenvalue weighted by Gasteiger charge is 2.26. The molecule has 8 heteroatoms. The Balaban J connectivity index is 1.25. The summed E-state index contributed by atoms with van der Waals surface area (Å²) in [6.45, 7) is 5.81. The smallest absolute Gasteiger partial charge is 0.237 e.